The Kier molecular flexibility index (Phi) is 4.80. The Labute approximate surface area is 254 Å². The molecule has 4 heteroatoms. The third kappa shape index (κ3) is 3.34. The van der Waals surface area contributed by atoms with Gasteiger partial charge >= 0.3 is 0 Å². The van der Waals surface area contributed by atoms with Crippen LogP contribution in [0, 0.1) is 0 Å². The SMILES string of the molecule is c1ccc2cc3c(cc2c1)C1C(c2cc4ccccc4cc2N1c1cnc2ccccc2c1)N3c1cnc2ccccc2c1. The average Bonchev–Trinajstić information content (AvgIpc) is 3.57. The Morgan fingerprint density at radius 3 is 1.18 bits per heavy atom. The maximum atomic E-state index is 4.93. The summed E-state index contributed by atoms with van der Waals surface area (Å²) in [6.07, 6.45) is 4.09. The van der Waals surface area contributed by atoms with Gasteiger partial charge in [-0.15, -0.1) is 0 Å². The molecule has 6 aromatic carbocycles. The number of nitrogens with zero attached hydrogens (tertiary/aromatic N) is 4. The van der Waals surface area contributed by atoms with Gasteiger partial charge in [-0.3, -0.25) is 9.97 Å². The van der Waals surface area contributed by atoms with E-state index in [2.05, 4.69) is 143 Å². The number of para-hydroxylation sites is 2. The molecule has 0 radical (unpaired) electrons. The van der Waals surface area contributed by atoms with Crippen LogP contribution in [0.2, 0.25) is 0 Å². The molecule has 0 fully saturated rings. The first-order chi connectivity index (χ1) is 21.8. The standard InChI is InChI=1S/C40H26N4/c1-3-11-27-21-37-33(19-25(27)9-1)39-40(43(37)31-17-29-13-5-7-15-35(29)41-23-31)34-20-26-10-2-4-12-28(26)22-38(34)44(39)32-18-30-14-6-8-16-36(30)42-24-32/h1-24,39-40H. The Hall–Kier alpha value is -5.74. The maximum Gasteiger partial charge on any atom is 0.0862 e. The molecule has 10 rings (SSSR count). The molecule has 4 heterocycles. The summed E-state index contributed by atoms with van der Waals surface area (Å²) in [4.78, 5) is 14.9. The van der Waals surface area contributed by atoms with Crippen molar-refractivity contribution in [1.29, 1.82) is 0 Å². The highest BCUT2D eigenvalue weighted by Gasteiger charge is 2.50. The van der Waals surface area contributed by atoms with E-state index in [1.165, 1.54) is 44.0 Å². The summed E-state index contributed by atoms with van der Waals surface area (Å²) in [5.41, 5.74) is 9.31. The van der Waals surface area contributed by atoms with Crippen molar-refractivity contribution in [2.75, 3.05) is 9.80 Å². The second-order valence-electron chi connectivity index (χ2n) is 11.9. The lowest BCUT2D eigenvalue weighted by Crippen LogP contribution is -2.24. The first-order valence-electron chi connectivity index (χ1n) is 15.1. The molecule has 2 aliphatic rings. The van der Waals surface area contributed by atoms with Crippen LogP contribution in [-0.2, 0) is 0 Å². The van der Waals surface area contributed by atoms with Crippen LogP contribution >= 0.6 is 0 Å². The van der Waals surface area contributed by atoms with Gasteiger partial charge < -0.3 is 9.80 Å². The van der Waals surface area contributed by atoms with Crippen LogP contribution in [0.25, 0.3) is 43.4 Å². The van der Waals surface area contributed by atoms with Gasteiger partial charge in [0, 0.05) is 33.3 Å². The fourth-order valence-corrected chi connectivity index (χ4v) is 7.56. The van der Waals surface area contributed by atoms with Gasteiger partial charge in [0.15, 0.2) is 0 Å². The molecule has 2 unspecified atom stereocenters. The van der Waals surface area contributed by atoms with Crippen LogP contribution in [0.15, 0.2) is 146 Å². The molecule has 0 spiro atoms. The molecule has 2 atom stereocenters. The van der Waals surface area contributed by atoms with E-state index in [0.717, 1.165) is 33.2 Å². The number of hydrogen-bond acceptors (Lipinski definition) is 4. The second kappa shape index (κ2) is 8.88. The van der Waals surface area contributed by atoms with E-state index in [1.54, 1.807) is 0 Å². The first-order valence-corrected chi connectivity index (χ1v) is 15.1. The number of rotatable bonds is 2. The molecule has 2 aromatic heterocycles. The van der Waals surface area contributed by atoms with Crippen LogP contribution in [0.5, 0.6) is 0 Å². The third-order valence-corrected chi connectivity index (χ3v) is 9.51. The van der Waals surface area contributed by atoms with E-state index in [0.29, 0.717) is 0 Å². The number of pyridine rings is 2. The second-order valence-corrected chi connectivity index (χ2v) is 11.9. The summed E-state index contributed by atoms with van der Waals surface area (Å²) in [6, 6.07) is 48.4. The van der Waals surface area contributed by atoms with Gasteiger partial charge in [-0.1, -0.05) is 84.9 Å². The fraction of sp³-hybridized carbons (Fsp3) is 0.0500. The highest BCUT2D eigenvalue weighted by Crippen LogP contribution is 2.63. The van der Waals surface area contributed by atoms with Crippen LogP contribution in [0.1, 0.15) is 23.2 Å². The van der Waals surface area contributed by atoms with Crippen LogP contribution in [-0.4, -0.2) is 9.97 Å². The minimum Gasteiger partial charge on any atom is -0.330 e. The van der Waals surface area contributed by atoms with Crippen molar-refractivity contribution in [3.8, 4) is 0 Å². The molecule has 44 heavy (non-hydrogen) atoms. The van der Waals surface area contributed by atoms with Gasteiger partial charge in [-0.2, -0.15) is 0 Å². The van der Waals surface area contributed by atoms with E-state index in [-0.39, 0.29) is 12.1 Å². The Morgan fingerprint density at radius 1 is 0.386 bits per heavy atom. The van der Waals surface area contributed by atoms with Crippen LogP contribution in [0.3, 0.4) is 0 Å². The number of anilines is 4. The third-order valence-electron chi connectivity index (χ3n) is 9.51. The molecule has 4 nitrogen and oxygen atoms in total. The quantitative estimate of drug-likeness (QED) is 0.210. The first kappa shape index (κ1) is 23.8. The Morgan fingerprint density at radius 2 is 0.750 bits per heavy atom. The lowest BCUT2D eigenvalue weighted by atomic mass is 9.97. The summed E-state index contributed by atoms with van der Waals surface area (Å²) in [5.74, 6) is 0. The normalized spacial score (nSPS) is 17.0. The molecule has 0 saturated heterocycles. The summed E-state index contributed by atoms with van der Waals surface area (Å²) in [5, 5.41) is 7.26. The lowest BCUT2D eigenvalue weighted by molar-refractivity contribution is 0.634. The Balaban J connectivity index is 1.29. The van der Waals surface area contributed by atoms with Crippen molar-refractivity contribution in [2.45, 2.75) is 12.1 Å². The topological polar surface area (TPSA) is 32.3 Å². The number of fused-ring (bicyclic) bond motifs is 9. The molecule has 206 valence electrons. The summed E-state index contributed by atoms with van der Waals surface area (Å²) < 4.78 is 0. The summed E-state index contributed by atoms with van der Waals surface area (Å²) in [7, 11) is 0. The molecule has 0 bridgehead atoms. The lowest BCUT2D eigenvalue weighted by Gasteiger charge is -2.29. The van der Waals surface area contributed by atoms with Gasteiger partial charge in [0.2, 0.25) is 0 Å². The van der Waals surface area contributed by atoms with E-state index in [1.807, 2.05) is 12.4 Å². The monoisotopic (exact) mass is 562 g/mol. The predicted molar refractivity (Wildman–Crippen MR) is 181 cm³/mol. The largest absolute Gasteiger partial charge is 0.330 e. The molecule has 0 saturated carbocycles. The van der Waals surface area contributed by atoms with E-state index < -0.39 is 0 Å². The minimum absolute atomic E-state index is 0.0517. The zero-order valence-corrected chi connectivity index (χ0v) is 23.8. The Bertz CT molecular complexity index is 2280. The van der Waals surface area contributed by atoms with Crippen LogP contribution < -0.4 is 9.80 Å². The predicted octanol–water partition coefficient (Wildman–Crippen LogP) is 10.2. The maximum absolute atomic E-state index is 4.93. The van der Waals surface area contributed by atoms with Crippen molar-refractivity contribution < 1.29 is 0 Å². The van der Waals surface area contributed by atoms with Crippen molar-refractivity contribution in [1.82, 2.24) is 9.97 Å². The van der Waals surface area contributed by atoms with Gasteiger partial charge in [0.25, 0.3) is 0 Å². The number of hydrogen-bond donors (Lipinski definition) is 0. The molecule has 8 aromatic rings. The zero-order chi connectivity index (χ0) is 28.8. The van der Waals surface area contributed by atoms with Crippen molar-refractivity contribution in [3.05, 3.63) is 157 Å². The number of benzene rings is 6. The van der Waals surface area contributed by atoms with Crippen LogP contribution in [0.4, 0.5) is 22.7 Å². The van der Waals surface area contributed by atoms with Crippen molar-refractivity contribution >= 4 is 66.1 Å². The van der Waals surface area contributed by atoms with Crippen molar-refractivity contribution in [3.63, 3.8) is 0 Å². The van der Waals surface area contributed by atoms with Crippen molar-refractivity contribution in [2.24, 2.45) is 0 Å². The van der Waals surface area contributed by atoms with Gasteiger partial charge in [-0.25, -0.2) is 0 Å². The highest BCUT2D eigenvalue weighted by molar-refractivity contribution is 5.98. The van der Waals surface area contributed by atoms with E-state index in [9.17, 15) is 0 Å². The highest BCUT2D eigenvalue weighted by atomic mass is 15.3. The molecule has 2 aliphatic heterocycles. The molecule has 0 aliphatic carbocycles. The summed E-state index contributed by atoms with van der Waals surface area (Å²) in [6.45, 7) is 0. The fourth-order valence-electron chi connectivity index (χ4n) is 7.56. The van der Waals surface area contributed by atoms with E-state index >= 15 is 0 Å². The minimum atomic E-state index is 0.0517. The van der Waals surface area contributed by atoms with Gasteiger partial charge in [-0.05, 0) is 70.1 Å². The summed E-state index contributed by atoms with van der Waals surface area (Å²) >= 11 is 0. The number of aromatic nitrogens is 2. The molecule has 0 N–H and O–H groups in total. The molecule has 0 amide bonds. The van der Waals surface area contributed by atoms with Gasteiger partial charge in [0.1, 0.15) is 0 Å². The average molecular weight is 563 g/mol. The molecular formula is C40H26N4. The molecular weight excluding hydrogens is 536 g/mol. The van der Waals surface area contributed by atoms with E-state index in [4.69, 9.17) is 9.97 Å². The smallest absolute Gasteiger partial charge is 0.0862 e. The van der Waals surface area contributed by atoms with Gasteiger partial charge in [0.05, 0.1) is 46.9 Å². The zero-order valence-electron chi connectivity index (χ0n) is 23.8.